The van der Waals surface area contributed by atoms with Gasteiger partial charge < -0.3 is 14.8 Å². The molecule has 3 N–H and O–H groups in total. The minimum Gasteiger partial charge on any atom is -0.459 e. The number of anilines is 1. The number of furan rings is 1. The van der Waals surface area contributed by atoms with E-state index < -0.39 is 12.0 Å². The van der Waals surface area contributed by atoms with E-state index in [9.17, 15) is 14.7 Å². The van der Waals surface area contributed by atoms with E-state index in [0.29, 0.717) is 22.5 Å². The van der Waals surface area contributed by atoms with Crippen molar-refractivity contribution in [3.8, 4) is 0 Å². The van der Waals surface area contributed by atoms with Gasteiger partial charge in [-0.25, -0.2) is 5.43 Å². The zero-order valence-electron chi connectivity index (χ0n) is 15.1. The van der Waals surface area contributed by atoms with Crippen LogP contribution in [-0.4, -0.2) is 22.6 Å². The van der Waals surface area contributed by atoms with Gasteiger partial charge in [-0.05, 0) is 42.3 Å². The number of aliphatic hydroxyl groups is 1. The normalized spacial score (nSPS) is 12.3. The van der Waals surface area contributed by atoms with E-state index in [1.165, 1.54) is 6.26 Å². The molecule has 0 unspecified atom stereocenters. The van der Waals surface area contributed by atoms with Crippen LogP contribution in [0.5, 0.6) is 0 Å². The second kappa shape index (κ2) is 8.79. The van der Waals surface area contributed by atoms with Crippen LogP contribution < -0.4 is 10.7 Å². The summed E-state index contributed by atoms with van der Waals surface area (Å²) in [5.41, 5.74) is 4.62. The zero-order valence-corrected chi connectivity index (χ0v) is 15.1. The van der Waals surface area contributed by atoms with Crippen LogP contribution in [0.4, 0.5) is 5.69 Å². The number of carbonyl (C=O) groups is 2. The molecule has 0 aliphatic carbocycles. The van der Waals surface area contributed by atoms with Crippen LogP contribution in [0.2, 0.25) is 0 Å². The number of benzene rings is 2. The molecule has 0 aliphatic rings. The second-order valence-corrected chi connectivity index (χ2v) is 6.00. The van der Waals surface area contributed by atoms with Gasteiger partial charge in [-0.1, -0.05) is 42.5 Å². The lowest BCUT2D eigenvalue weighted by Crippen LogP contribution is -2.26. The standard InChI is InChI=1S/C21H19N3O4/c1-14(23-24-21(27)19(25)15-7-3-2-4-8-15)16-9-5-10-17(13-16)22-20(26)18-11-6-12-28-18/h2-13,19,25H,1H3,(H,22,26)(H,24,27)/b23-14-/t19-/m1/s1. The fourth-order valence-electron chi connectivity index (χ4n) is 2.47. The maximum atomic E-state index is 12.1. The van der Waals surface area contributed by atoms with Crippen molar-refractivity contribution in [1.29, 1.82) is 0 Å². The van der Waals surface area contributed by atoms with Gasteiger partial charge in [0.05, 0.1) is 12.0 Å². The topological polar surface area (TPSA) is 104 Å². The van der Waals surface area contributed by atoms with E-state index in [0.717, 1.165) is 0 Å². The molecule has 0 fully saturated rings. The number of nitrogens with zero attached hydrogens (tertiary/aromatic N) is 1. The molecule has 0 saturated heterocycles. The van der Waals surface area contributed by atoms with Crippen LogP contribution >= 0.6 is 0 Å². The van der Waals surface area contributed by atoms with E-state index in [2.05, 4.69) is 15.8 Å². The molecule has 7 heteroatoms. The summed E-state index contributed by atoms with van der Waals surface area (Å²) < 4.78 is 5.06. The maximum absolute atomic E-state index is 12.1. The Morgan fingerprint density at radius 2 is 1.82 bits per heavy atom. The van der Waals surface area contributed by atoms with Crippen LogP contribution in [0.25, 0.3) is 0 Å². The van der Waals surface area contributed by atoms with Gasteiger partial charge in [-0.15, -0.1) is 0 Å². The average molecular weight is 377 g/mol. The van der Waals surface area contributed by atoms with E-state index in [4.69, 9.17) is 4.42 Å². The Morgan fingerprint density at radius 3 is 2.54 bits per heavy atom. The maximum Gasteiger partial charge on any atom is 0.291 e. The summed E-state index contributed by atoms with van der Waals surface area (Å²) in [5, 5.41) is 16.8. The van der Waals surface area contributed by atoms with Gasteiger partial charge in [0, 0.05) is 5.69 Å². The van der Waals surface area contributed by atoms with Crippen LogP contribution in [0.3, 0.4) is 0 Å². The minimum absolute atomic E-state index is 0.206. The predicted molar refractivity (Wildman–Crippen MR) is 105 cm³/mol. The highest BCUT2D eigenvalue weighted by Gasteiger charge is 2.16. The number of hydrazone groups is 1. The molecule has 0 spiro atoms. The van der Waals surface area contributed by atoms with Crippen molar-refractivity contribution < 1.29 is 19.1 Å². The molecular weight excluding hydrogens is 358 g/mol. The smallest absolute Gasteiger partial charge is 0.291 e. The van der Waals surface area contributed by atoms with Crippen LogP contribution in [0.15, 0.2) is 82.5 Å². The van der Waals surface area contributed by atoms with Crippen molar-refractivity contribution >= 4 is 23.2 Å². The molecule has 28 heavy (non-hydrogen) atoms. The molecule has 0 saturated carbocycles. The molecule has 3 aromatic rings. The quantitative estimate of drug-likeness (QED) is 0.453. The molecule has 1 aromatic heterocycles. The average Bonchev–Trinajstić information content (AvgIpc) is 3.27. The molecule has 2 amide bonds. The molecule has 0 bridgehead atoms. The van der Waals surface area contributed by atoms with Crippen molar-refractivity contribution in [2.75, 3.05) is 5.32 Å². The third-order valence-corrected chi connectivity index (χ3v) is 3.98. The molecular formula is C21H19N3O4. The van der Waals surface area contributed by atoms with Crippen molar-refractivity contribution in [3.05, 3.63) is 89.9 Å². The Kier molecular flexibility index (Phi) is 5.98. The largest absolute Gasteiger partial charge is 0.459 e. The van der Waals surface area contributed by atoms with Gasteiger partial charge in [-0.3, -0.25) is 9.59 Å². The van der Waals surface area contributed by atoms with Gasteiger partial charge in [0.2, 0.25) is 0 Å². The lowest BCUT2D eigenvalue weighted by Gasteiger charge is -2.10. The van der Waals surface area contributed by atoms with Crippen LogP contribution in [-0.2, 0) is 4.79 Å². The summed E-state index contributed by atoms with van der Waals surface area (Å²) in [4.78, 5) is 24.1. The molecule has 1 atom stereocenters. The highest BCUT2D eigenvalue weighted by Crippen LogP contribution is 2.14. The number of rotatable bonds is 6. The fourth-order valence-corrected chi connectivity index (χ4v) is 2.47. The van der Waals surface area contributed by atoms with Gasteiger partial charge in [0.25, 0.3) is 11.8 Å². The Bertz CT molecular complexity index is 982. The molecule has 2 aromatic carbocycles. The summed E-state index contributed by atoms with van der Waals surface area (Å²) >= 11 is 0. The number of amides is 2. The molecule has 1 heterocycles. The minimum atomic E-state index is -1.31. The van der Waals surface area contributed by atoms with Gasteiger partial charge >= 0.3 is 0 Å². The lowest BCUT2D eigenvalue weighted by molar-refractivity contribution is -0.129. The summed E-state index contributed by atoms with van der Waals surface area (Å²) in [7, 11) is 0. The fraction of sp³-hybridized carbons (Fsp3) is 0.0952. The number of hydrogen-bond donors (Lipinski definition) is 3. The summed E-state index contributed by atoms with van der Waals surface area (Å²) in [6.07, 6.45) is 0.117. The van der Waals surface area contributed by atoms with Crippen molar-refractivity contribution in [3.63, 3.8) is 0 Å². The number of carbonyl (C=O) groups excluding carboxylic acids is 2. The van der Waals surface area contributed by atoms with E-state index in [1.54, 1.807) is 73.7 Å². The highest BCUT2D eigenvalue weighted by molar-refractivity contribution is 6.04. The van der Waals surface area contributed by atoms with Crippen LogP contribution in [0, 0.1) is 0 Å². The van der Waals surface area contributed by atoms with Crippen molar-refractivity contribution in [2.45, 2.75) is 13.0 Å². The van der Waals surface area contributed by atoms with E-state index in [-0.39, 0.29) is 11.7 Å². The summed E-state index contributed by atoms with van der Waals surface area (Å²) in [6.45, 7) is 1.71. The highest BCUT2D eigenvalue weighted by atomic mass is 16.3. The molecule has 0 aliphatic heterocycles. The zero-order chi connectivity index (χ0) is 19.9. The van der Waals surface area contributed by atoms with Crippen molar-refractivity contribution in [1.82, 2.24) is 5.43 Å². The predicted octanol–water partition coefficient (Wildman–Crippen LogP) is 3.11. The second-order valence-electron chi connectivity index (χ2n) is 6.00. The SMILES string of the molecule is C/C(=N/NC(=O)[C@H](O)c1ccccc1)c1cccc(NC(=O)c2ccco2)c1. The Morgan fingerprint density at radius 1 is 1.04 bits per heavy atom. The summed E-state index contributed by atoms with van der Waals surface area (Å²) in [5.74, 6) is -0.790. The molecule has 0 radical (unpaired) electrons. The van der Waals surface area contributed by atoms with E-state index >= 15 is 0 Å². The first-order valence-corrected chi connectivity index (χ1v) is 8.57. The Labute approximate surface area is 161 Å². The molecule has 142 valence electrons. The van der Waals surface area contributed by atoms with Crippen molar-refractivity contribution in [2.24, 2.45) is 5.10 Å². The van der Waals surface area contributed by atoms with Crippen LogP contribution in [0.1, 0.15) is 34.7 Å². The van der Waals surface area contributed by atoms with Gasteiger partial charge in [0.15, 0.2) is 11.9 Å². The number of hydrogen-bond acceptors (Lipinski definition) is 5. The Balaban J connectivity index is 1.66. The first-order valence-electron chi connectivity index (χ1n) is 8.57. The first kappa shape index (κ1) is 19.1. The number of aliphatic hydroxyl groups excluding tert-OH is 1. The molecule has 3 rings (SSSR count). The Hall–Kier alpha value is -3.71. The monoisotopic (exact) mass is 377 g/mol. The molecule has 7 nitrogen and oxygen atoms in total. The van der Waals surface area contributed by atoms with E-state index in [1.807, 2.05) is 0 Å². The lowest BCUT2D eigenvalue weighted by atomic mass is 10.1. The third kappa shape index (κ3) is 4.72. The van der Waals surface area contributed by atoms with Gasteiger partial charge in [0.1, 0.15) is 0 Å². The van der Waals surface area contributed by atoms with Gasteiger partial charge in [-0.2, -0.15) is 5.10 Å². The summed E-state index contributed by atoms with van der Waals surface area (Å²) in [6, 6.07) is 18.8. The third-order valence-electron chi connectivity index (χ3n) is 3.98. The number of nitrogens with one attached hydrogen (secondary N) is 2. The first-order chi connectivity index (χ1) is 13.5.